The van der Waals surface area contributed by atoms with Crippen LogP contribution in [0.25, 0.3) is 22.6 Å². The number of benzene rings is 2. The number of non-ortho nitro benzene ring substituents is 1. The molecule has 0 unspecified atom stereocenters. The molecule has 5 rings (SSSR count). The van der Waals surface area contributed by atoms with Gasteiger partial charge in [-0.05, 0) is 36.4 Å². The zero-order valence-corrected chi connectivity index (χ0v) is 18.6. The number of fused-ring (bicyclic) bond motifs is 1. The fourth-order valence-electron chi connectivity index (χ4n) is 3.85. The van der Waals surface area contributed by atoms with Crippen LogP contribution in [0.4, 0.5) is 5.69 Å². The normalized spacial score (nSPS) is 11.0. The molecule has 3 aromatic heterocycles. The predicted octanol–water partition coefficient (Wildman–Crippen LogP) is 3.39. The highest BCUT2D eigenvalue weighted by Gasteiger charge is 2.17. The average Bonchev–Trinajstić information content (AvgIpc) is 3.49. The largest absolute Gasteiger partial charge is 0.355 e. The van der Waals surface area contributed by atoms with Gasteiger partial charge >= 0.3 is 0 Å². The van der Waals surface area contributed by atoms with Gasteiger partial charge in [0.15, 0.2) is 5.65 Å². The van der Waals surface area contributed by atoms with Gasteiger partial charge in [-0.2, -0.15) is 5.10 Å². The number of amides is 1. The lowest BCUT2D eigenvalue weighted by molar-refractivity contribution is -0.384. The van der Waals surface area contributed by atoms with Crippen LogP contribution in [0.15, 0.2) is 85.2 Å². The van der Waals surface area contributed by atoms with E-state index in [1.807, 2.05) is 65.3 Å². The molecule has 10 heteroatoms. The summed E-state index contributed by atoms with van der Waals surface area (Å²) in [6.07, 6.45) is 4.35. The van der Waals surface area contributed by atoms with Crippen LogP contribution >= 0.6 is 0 Å². The van der Waals surface area contributed by atoms with Crippen LogP contribution < -0.4 is 5.32 Å². The molecule has 0 bridgehead atoms. The van der Waals surface area contributed by atoms with Crippen molar-refractivity contribution < 1.29 is 9.72 Å². The number of nitro groups is 1. The Bertz CT molecular complexity index is 1490. The Morgan fingerprint density at radius 2 is 1.74 bits per heavy atom. The highest BCUT2D eigenvalue weighted by molar-refractivity contribution is 5.81. The third-order valence-corrected chi connectivity index (χ3v) is 5.57. The minimum absolute atomic E-state index is 0.00320. The summed E-state index contributed by atoms with van der Waals surface area (Å²) in [4.78, 5) is 23.4. The number of hydrogen-bond donors (Lipinski definition) is 1. The Labute approximate surface area is 200 Å². The van der Waals surface area contributed by atoms with E-state index >= 15 is 0 Å². The van der Waals surface area contributed by atoms with Crippen molar-refractivity contribution >= 4 is 17.2 Å². The number of nitrogens with zero attached hydrogens (tertiary/aromatic N) is 6. The fourth-order valence-corrected chi connectivity index (χ4v) is 3.85. The number of aromatic nitrogens is 5. The van der Waals surface area contributed by atoms with Crippen LogP contribution in [0.1, 0.15) is 11.4 Å². The fraction of sp³-hybridized carbons (Fsp3) is 0.120. The first-order valence-electron chi connectivity index (χ1n) is 11.0. The minimum Gasteiger partial charge on any atom is -0.355 e. The number of para-hydroxylation sites is 1. The molecule has 3 heterocycles. The Kier molecular flexibility index (Phi) is 6.00. The SMILES string of the molecule is O=C(Cc1cn(-c2ccccc2)nc1-c1ccc([N+](=O)[O-])cc1)NCCc1nnc2ccccn12. The van der Waals surface area contributed by atoms with Gasteiger partial charge in [0.05, 0.1) is 22.7 Å². The summed E-state index contributed by atoms with van der Waals surface area (Å²) < 4.78 is 3.60. The summed E-state index contributed by atoms with van der Waals surface area (Å²) in [7, 11) is 0. The number of nitro benzene ring substituents is 1. The first-order valence-corrected chi connectivity index (χ1v) is 11.0. The number of pyridine rings is 1. The summed E-state index contributed by atoms with van der Waals surface area (Å²) in [6, 6.07) is 21.4. The third-order valence-electron chi connectivity index (χ3n) is 5.57. The maximum atomic E-state index is 12.8. The molecule has 5 aromatic rings. The van der Waals surface area contributed by atoms with Crippen molar-refractivity contribution in [3.63, 3.8) is 0 Å². The van der Waals surface area contributed by atoms with Crippen LogP contribution in [0.3, 0.4) is 0 Å². The van der Waals surface area contributed by atoms with Crippen molar-refractivity contribution in [3.8, 4) is 16.9 Å². The molecule has 2 aromatic carbocycles. The van der Waals surface area contributed by atoms with Crippen molar-refractivity contribution in [3.05, 3.63) is 107 Å². The third kappa shape index (κ3) is 4.76. The molecule has 0 radical (unpaired) electrons. The van der Waals surface area contributed by atoms with E-state index in [0.29, 0.717) is 29.8 Å². The van der Waals surface area contributed by atoms with Gasteiger partial charge in [-0.3, -0.25) is 19.3 Å². The molecular weight excluding hydrogens is 446 g/mol. The van der Waals surface area contributed by atoms with E-state index in [4.69, 9.17) is 0 Å². The van der Waals surface area contributed by atoms with Gasteiger partial charge in [-0.1, -0.05) is 24.3 Å². The van der Waals surface area contributed by atoms with Crippen LogP contribution in [-0.4, -0.2) is 41.8 Å². The van der Waals surface area contributed by atoms with E-state index in [2.05, 4.69) is 20.6 Å². The maximum absolute atomic E-state index is 12.8. The van der Waals surface area contributed by atoms with Crippen LogP contribution in [0, 0.1) is 10.1 Å². The van der Waals surface area contributed by atoms with Crippen LogP contribution in [-0.2, 0) is 17.6 Å². The van der Waals surface area contributed by atoms with Gasteiger partial charge < -0.3 is 5.32 Å². The molecule has 0 saturated carbocycles. The Morgan fingerprint density at radius 3 is 2.51 bits per heavy atom. The quantitative estimate of drug-likeness (QED) is 0.276. The molecule has 0 aliphatic rings. The van der Waals surface area contributed by atoms with Crippen molar-refractivity contribution in [1.29, 1.82) is 0 Å². The first kappa shape index (κ1) is 22.0. The number of carbonyl (C=O) groups is 1. The second-order valence-corrected chi connectivity index (χ2v) is 7.91. The first-order chi connectivity index (χ1) is 17.1. The number of rotatable bonds is 8. The molecule has 10 nitrogen and oxygen atoms in total. The molecule has 0 aliphatic carbocycles. The summed E-state index contributed by atoms with van der Waals surface area (Å²) in [6.45, 7) is 0.411. The molecule has 0 atom stereocenters. The molecular formula is C25H21N7O3. The summed E-state index contributed by atoms with van der Waals surface area (Å²) >= 11 is 0. The van der Waals surface area contributed by atoms with Crippen molar-refractivity contribution in [1.82, 2.24) is 29.7 Å². The molecule has 0 aliphatic heterocycles. The van der Waals surface area contributed by atoms with Crippen molar-refractivity contribution in [2.45, 2.75) is 12.8 Å². The lowest BCUT2D eigenvalue weighted by Crippen LogP contribution is -2.27. The Hall–Kier alpha value is -4.86. The molecule has 0 spiro atoms. The number of hydrogen-bond acceptors (Lipinski definition) is 6. The van der Waals surface area contributed by atoms with Gasteiger partial charge in [0.25, 0.3) is 5.69 Å². The van der Waals surface area contributed by atoms with Crippen LogP contribution in [0.5, 0.6) is 0 Å². The zero-order chi connectivity index (χ0) is 24.2. The zero-order valence-electron chi connectivity index (χ0n) is 18.6. The monoisotopic (exact) mass is 467 g/mol. The smallest absolute Gasteiger partial charge is 0.269 e. The van der Waals surface area contributed by atoms with Crippen molar-refractivity contribution in [2.75, 3.05) is 6.54 Å². The highest BCUT2D eigenvalue weighted by Crippen LogP contribution is 2.26. The second-order valence-electron chi connectivity index (χ2n) is 7.91. The number of carbonyl (C=O) groups excluding carboxylic acids is 1. The summed E-state index contributed by atoms with van der Waals surface area (Å²) in [5, 5.41) is 27.0. The van der Waals surface area contributed by atoms with Crippen LogP contribution in [0.2, 0.25) is 0 Å². The summed E-state index contributed by atoms with van der Waals surface area (Å²) in [5.41, 5.74) is 3.62. The van der Waals surface area contributed by atoms with Gasteiger partial charge in [-0.15, -0.1) is 10.2 Å². The van der Waals surface area contributed by atoms with E-state index in [9.17, 15) is 14.9 Å². The van der Waals surface area contributed by atoms with Gasteiger partial charge in [0, 0.05) is 48.6 Å². The Balaban J connectivity index is 1.34. The van der Waals surface area contributed by atoms with E-state index in [0.717, 1.165) is 17.2 Å². The molecule has 174 valence electrons. The van der Waals surface area contributed by atoms with Gasteiger partial charge in [0.1, 0.15) is 5.82 Å². The average molecular weight is 467 g/mol. The van der Waals surface area contributed by atoms with Gasteiger partial charge in [-0.25, -0.2) is 4.68 Å². The number of nitrogens with one attached hydrogen (secondary N) is 1. The molecule has 1 N–H and O–H groups in total. The van der Waals surface area contributed by atoms with E-state index in [1.165, 1.54) is 12.1 Å². The molecule has 1 amide bonds. The Morgan fingerprint density at radius 1 is 0.971 bits per heavy atom. The van der Waals surface area contributed by atoms with E-state index in [1.54, 1.807) is 16.8 Å². The lowest BCUT2D eigenvalue weighted by atomic mass is 10.1. The topological polar surface area (TPSA) is 120 Å². The molecule has 0 saturated heterocycles. The van der Waals surface area contributed by atoms with Crippen molar-refractivity contribution in [2.24, 2.45) is 0 Å². The maximum Gasteiger partial charge on any atom is 0.269 e. The van der Waals surface area contributed by atoms with Gasteiger partial charge in [0.2, 0.25) is 5.91 Å². The van der Waals surface area contributed by atoms with E-state index in [-0.39, 0.29) is 18.0 Å². The molecule has 0 fully saturated rings. The highest BCUT2D eigenvalue weighted by atomic mass is 16.6. The minimum atomic E-state index is -0.445. The standard InChI is InChI=1S/C25H21N7O3/c33-24(26-14-13-23-28-27-22-8-4-5-15-30(22)23)16-19-17-31(20-6-2-1-3-7-20)29-25(19)18-9-11-21(12-10-18)32(34)35/h1-12,15,17H,13-14,16H2,(H,26,33). The molecule has 35 heavy (non-hydrogen) atoms. The summed E-state index contributed by atoms with van der Waals surface area (Å²) in [5.74, 6) is 0.610. The van der Waals surface area contributed by atoms with E-state index < -0.39 is 4.92 Å². The lowest BCUT2D eigenvalue weighted by Gasteiger charge is -2.05. The predicted molar refractivity (Wildman–Crippen MR) is 129 cm³/mol. The second kappa shape index (κ2) is 9.56.